The average Bonchev–Trinajstić information content (AvgIpc) is 2.36. The molecule has 6 nitrogen and oxygen atoms in total. The minimum absolute atomic E-state index is 0.0452. The molecule has 0 spiro atoms. The molecule has 0 atom stereocenters. The first kappa shape index (κ1) is 14.7. The minimum atomic E-state index is -0.370. The van der Waals surface area contributed by atoms with Crippen molar-refractivity contribution in [3.05, 3.63) is 11.9 Å². The van der Waals surface area contributed by atoms with Crippen LogP contribution in [-0.2, 0) is 11.3 Å². The number of hydrogen-bond acceptors (Lipinski definition) is 6. The summed E-state index contributed by atoms with van der Waals surface area (Å²) in [5, 5.41) is 12.8. The van der Waals surface area contributed by atoms with Gasteiger partial charge in [0.1, 0.15) is 18.2 Å². The second-order valence-electron chi connectivity index (χ2n) is 4.30. The maximum Gasteiger partial charge on any atom is 0.158 e. The third kappa shape index (κ3) is 3.54. The number of hydrogen-bond donors (Lipinski definition) is 3. The maximum atomic E-state index is 9.52. The van der Waals surface area contributed by atoms with Crippen LogP contribution in [-0.4, -0.2) is 34.3 Å². The summed E-state index contributed by atoms with van der Waals surface area (Å²) in [7, 11) is 1.58. The molecule has 0 aromatic carbocycles. The largest absolute Gasteiger partial charge is 0.394 e. The molecular formula is C12H22N4O2. The Labute approximate surface area is 108 Å². The fourth-order valence-electron chi connectivity index (χ4n) is 1.74. The van der Waals surface area contributed by atoms with Crippen molar-refractivity contribution in [3.63, 3.8) is 0 Å². The average molecular weight is 254 g/mol. The Bertz CT molecular complexity index is 372. The molecule has 0 amide bonds. The van der Waals surface area contributed by atoms with Crippen LogP contribution in [0.2, 0.25) is 0 Å². The predicted octanol–water partition coefficient (Wildman–Crippen LogP) is 1.17. The second kappa shape index (κ2) is 6.51. The Balaban J connectivity index is 2.95. The van der Waals surface area contributed by atoms with Gasteiger partial charge in [-0.1, -0.05) is 13.8 Å². The lowest BCUT2D eigenvalue weighted by molar-refractivity contribution is 0.177. The summed E-state index contributed by atoms with van der Waals surface area (Å²) < 4.78 is 4.99. The standard InChI is InChI=1S/C12H22N4O2/c1-4-12(5-2,8-17)16-10-6-9(13)14-11(15-10)7-18-3/h6,17H,4-5,7-8H2,1-3H3,(H3,13,14,15,16). The van der Waals surface area contributed by atoms with E-state index >= 15 is 0 Å². The van der Waals surface area contributed by atoms with Gasteiger partial charge in [0.2, 0.25) is 0 Å². The Hall–Kier alpha value is -1.40. The lowest BCUT2D eigenvalue weighted by Crippen LogP contribution is -2.41. The number of ether oxygens (including phenoxy) is 1. The van der Waals surface area contributed by atoms with Crippen LogP contribution in [0.25, 0.3) is 0 Å². The van der Waals surface area contributed by atoms with E-state index in [2.05, 4.69) is 15.3 Å². The molecule has 1 heterocycles. The Morgan fingerprint density at radius 2 is 2.06 bits per heavy atom. The Kier molecular flexibility index (Phi) is 5.30. The summed E-state index contributed by atoms with van der Waals surface area (Å²) >= 11 is 0. The summed E-state index contributed by atoms with van der Waals surface area (Å²) in [6, 6.07) is 1.66. The molecule has 0 fully saturated rings. The van der Waals surface area contributed by atoms with Gasteiger partial charge in [0.05, 0.1) is 12.1 Å². The maximum absolute atomic E-state index is 9.52. The molecule has 4 N–H and O–H groups in total. The number of aliphatic hydroxyl groups is 1. The van der Waals surface area contributed by atoms with Crippen molar-refractivity contribution >= 4 is 11.6 Å². The Morgan fingerprint density at radius 3 is 2.56 bits per heavy atom. The highest BCUT2D eigenvalue weighted by Gasteiger charge is 2.25. The summed E-state index contributed by atoms with van der Waals surface area (Å²) in [5.74, 6) is 1.53. The highest BCUT2D eigenvalue weighted by Crippen LogP contribution is 2.21. The van der Waals surface area contributed by atoms with Crippen LogP contribution in [0.4, 0.5) is 11.6 Å². The molecule has 0 bridgehead atoms. The molecule has 0 saturated heterocycles. The second-order valence-corrected chi connectivity index (χ2v) is 4.30. The third-order valence-electron chi connectivity index (χ3n) is 3.12. The van der Waals surface area contributed by atoms with Gasteiger partial charge in [0, 0.05) is 13.2 Å². The fraction of sp³-hybridized carbons (Fsp3) is 0.667. The lowest BCUT2D eigenvalue weighted by atomic mass is 9.94. The van der Waals surface area contributed by atoms with Crippen molar-refractivity contribution in [2.75, 3.05) is 24.8 Å². The van der Waals surface area contributed by atoms with E-state index in [0.29, 0.717) is 24.1 Å². The molecule has 18 heavy (non-hydrogen) atoms. The number of nitrogens with zero attached hydrogens (tertiary/aromatic N) is 2. The number of aromatic nitrogens is 2. The van der Waals surface area contributed by atoms with Crippen LogP contribution in [0.5, 0.6) is 0 Å². The van der Waals surface area contributed by atoms with Crippen molar-refractivity contribution in [2.45, 2.75) is 38.8 Å². The molecule has 0 radical (unpaired) electrons. The van der Waals surface area contributed by atoms with Crippen molar-refractivity contribution in [1.82, 2.24) is 9.97 Å². The third-order valence-corrected chi connectivity index (χ3v) is 3.12. The molecule has 0 unspecified atom stereocenters. The van der Waals surface area contributed by atoms with Crippen LogP contribution >= 0.6 is 0 Å². The molecule has 6 heteroatoms. The van der Waals surface area contributed by atoms with Gasteiger partial charge >= 0.3 is 0 Å². The number of aliphatic hydroxyl groups excluding tert-OH is 1. The first-order chi connectivity index (χ1) is 8.59. The van der Waals surface area contributed by atoms with Gasteiger partial charge < -0.3 is 20.9 Å². The van der Waals surface area contributed by atoms with Crippen molar-refractivity contribution in [2.24, 2.45) is 0 Å². The zero-order valence-corrected chi connectivity index (χ0v) is 11.2. The first-order valence-corrected chi connectivity index (χ1v) is 6.10. The summed E-state index contributed by atoms with van der Waals surface area (Å²) in [4.78, 5) is 8.38. The number of rotatable bonds is 7. The van der Waals surface area contributed by atoms with Gasteiger partial charge in [-0.05, 0) is 12.8 Å². The first-order valence-electron chi connectivity index (χ1n) is 6.10. The number of anilines is 2. The van der Waals surface area contributed by atoms with E-state index in [1.54, 1.807) is 13.2 Å². The normalized spacial score (nSPS) is 11.6. The van der Waals surface area contributed by atoms with E-state index in [0.717, 1.165) is 12.8 Å². The van der Waals surface area contributed by atoms with Crippen LogP contribution in [0.3, 0.4) is 0 Å². The molecule has 102 valence electrons. The van der Waals surface area contributed by atoms with Crippen molar-refractivity contribution in [3.8, 4) is 0 Å². The number of nitrogens with two attached hydrogens (primary N) is 1. The monoisotopic (exact) mass is 254 g/mol. The molecule has 1 aromatic heterocycles. The topological polar surface area (TPSA) is 93.3 Å². The van der Waals surface area contributed by atoms with Gasteiger partial charge in [0.15, 0.2) is 5.82 Å². The SMILES string of the molecule is CCC(CC)(CO)Nc1cc(N)nc(COC)n1. The predicted molar refractivity (Wildman–Crippen MR) is 71.2 cm³/mol. The van der Waals surface area contributed by atoms with E-state index in [-0.39, 0.29) is 12.1 Å². The van der Waals surface area contributed by atoms with Gasteiger partial charge in [-0.25, -0.2) is 9.97 Å². The highest BCUT2D eigenvalue weighted by atomic mass is 16.5. The van der Waals surface area contributed by atoms with Crippen LogP contribution in [0.15, 0.2) is 6.07 Å². The number of nitrogen functional groups attached to an aromatic ring is 1. The molecule has 0 aliphatic rings. The summed E-state index contributed by atoms with van der Waals surface area (Å²) in [6.07, 6.45) is 1.59. The van der Waals surface area contributed by atoms with E-state index in [1.165, 1.54) is 0 Å². The highest BCUT2D eigenvalue weighted by molar-refractivity contribution is 5.46. The lowest BCUT2D eigenvalue weighted by Gasteiger charge is -2.31. The quantitative estimate of drug-likeness (QED) is 0.676. The fourth-order valence-corrected chi connectivity index (χ4v) is 1.74. The van der Waals surface area contributed by atoms with Gasteiger partial charge in [-0.2, -0.15) is 0 Å². The van der Waals surface area contributed by atoms with E-state index < -0.39 is 0 Å². The van der Waals surface area contributed by atoms with E-state index in [4.69, 9.17) is 10.5 Å². The van der Waals surface area contributed by atoms with E-state index in [1.807, 2.05) is 13.8 Å². The molecule has 1 rings (SSSR count). The molecule has 1 aromatic rings. The van der Waals surface area contributed by atoms with E-state index in [9.17, 15) is 5.11 Å². The summed E-state index contributed by atoms with van der Waals surface area (Å²) in [6.45, 7) is 4.40. The molecular weight excluding hydrogens is 232 g/mol. The Morgan fingerprint density at radius 1 is 1.39 bits per heavy atom. The smallest absolute Gasteiger partial charge is 0.158 e. The zero-order chi connectivity index (χ0) is 13.6. The van der Waals surface area contributed by atoms with Gasteiger partial charge in [-0.3, -0.25) is 0 Å². The molecule has 0 saturated carbocycles. The minimum Gasteiger partial charge on any atom is -0.394 e. The zero-order valence-electron chi connectivity index (χ0n) is 11.2. The summed E-state index contributed by atoms with van der Waals surface area (Å²) in [5.41, 5.74) is 5.35. The van der Waals surface area contributed by atoms with Crippen LogP contribution in [0, 0.1) is 0 Å². The van der Waals surface area contributed by atoms with Crippen LogP contribution < -0.4 is 11.1 Å². The van der Waals surface area contributed by atoms with Gasteiger partial charge in [-0.15, -0.1) is 0 Å². The van der Waals surface area contributed by atoms with Crippen molar-refractivity contribution in [1.29, 1.82) is 0 Å². The van der Waals surface area contributed by atoms with Crippen molar-refractivity contribution < 1.29 is 9.84 Å². The van der Waals surface area contributed by atoms with Crippen LogP contribution in [0.1, 0.15) is 32.5 Å². The molecule has 0 aliphatic carbocycles. The van der Waals surface area contributed by atoms with Gasteiger partial charge in [0.25, 0.3) is 0 Å². The molecule has 0 aliphatic heterocycles. The number of methoxy groups -OCH3 is 1. The number of nitrogens with one attached hydrogen (secondary N) is 1.